The van der Waals surface area contributed by atoms with Gasteiger partial charge >= 0.3 is 12.9 Å². The number of hydrogen-bond acceptors (Lipinski definition) is 5. The van der Waals surface area contributed by atoms with E-state index in [1.807, 2.05) is 6.92 Å². The van der Waals surface area contributed by atoms with E-state index >= 15 is 0 Å². The quantitative estimate of drug-likeness (QED) is 0.119. The number of methoxy groups -OCH3 is 1. The minimum atomic E-state index is -0.109. The van der Waals surface area contributed by atoms with Gasteiger partial charge < -0.3 is 18.9 Å². The van der Waals surface area contributed by atoms with Gasteiger partial charge in [-0.1, -0.05) is 88.2 Å². The van der Waals surface area contributed by atoms with Crippen LogP contribution < -0.4 is 0 Å². The van der Waals surface area contributed by atoms with E-state index in [0.29, 0.717) is 31.8 Å². The molecule has 0 spiro atoms. The zero-order valence-electron chi connectivity index (χ0n) is 21.9. The minimum absolute atomic E-state index is 0.0299. The summed E-state index contributed by atoms with van der Waals surface area (Å²) in [5, 5.41) is 0. The first-order valence-corrected chi connectivity index (χ1v) is 14.2. The number of rotatable bonds is 10. The topological polar surface area (TPSA) is 54.0 Å². The number of hydrogen-bond donors (Lipinski definition) is 0. The third-order valence-corrected chi connectivity index (χ3v) is 9.29. The smallest absolute Gasteiger partial charge is 0.332 e. The Bertz CT molecular complexity index is 667. The van der Waals surface area contributed by atoms with Gasteiger partial charge in [0.2, 0.25) is 0 Å². The van der Waals surface area contributed by atoms with Gasteiger partial charge in [-0.2, -0.15) is 0 Å². The molecule has 190 valence electrons. The van der Waals surface area contributed by atoms with Gasteiger partial charge in [-0.05, 0) is 37.8 Å². The van der Waals surface area contributed by atoms with E-state index in [0.717, 1.165) is 36.5 Å². The summed E-state index contributed by atoms with van der Waals surface area (Å²) in [6.45, 7) is 6.06. The lowest BCUT2D eigenvalue weighted by molar-refractivity contribution is -0.138. The third-order valence-electron chi connectivity index (χ3n) is 9.29. The highest BCUT2D eigenvalue weighted by Gasteiger charge is 2.47. The fourth-order valence-electron chi connectivity index (χ4n) is 7.93. The fraction of sp³-hybridized carbons (Fsp3) is 0.889. The van der Waals surface area contributed by atoms with Crippen molar-refractivity contribution in [1.82, 2.24) is 0 Å². The summed E-state index contributed by atoms with van der Waals surface area (Å²) in [4.78, 5) is 13.7. The van der Waals surface area contributed by atoms with Gasteiger partial charge in [0.15, 0.2) is 6.71 Å². The summed E-state index contributed by atoms with van der Waals surface area (Å²) in [7, 11) is 1.66. The Kier molecular flexibility index (Phi) is 10.0. The first-order valence-electron chi connectivity index (χ1n) is 14.2. The molecule has 34 heavy (non-hydrogen) atoms. The summed E-state index contributed by atoms with van der Waals surface area (Å²) in [6.07, 6.45) is 16.2. The molecular formula is C27H46B2O5. The monoisotopic (exact) mass is 472 g/mol. The van der Waals surface area contributed by atoms with Crippen molar-refractivity contribution in [1.29, 1.82) is 0 Å². The molecule has 4 saturated heterocycles. The summed E-state index contributed by atoms with van der Waals surface area (Å²) in [5.74, 6) is 1.88. The highest BCUT2D eigenvalue weighted by atomic mass is 16.7. The number of fused-ring (bicyclic) bond motifs is 5. The molecule has 4 bridgehead atoms. The number of carbonyl (C=O) groups excluding carboxylic acids is 1. The van der Waals surface area contributed by atoms with Crippen molar-refractivity contribution in [3.63, 3.8) is 0 Å². The van der Waals surface area contributed by atoms with Crippen LogP contribution in [0.1, 0.15) is 97.3 Å². The molecule has 1 unspecified atom stereocenters. The maximum atomic E-state index is 13.7. The van der Waals surface area contributed by atoms with Gasteiger partial charge in [-0.25, -0.2) is 4.79 Å². The largest absolute Gasteiger partial charge is 0.463 e. The summed E-state index contributed by atoms with van der Waals surface area (Å²) in [6, 6.07) is 0. The molecule has 4 aliphatic rings. The maximum absolute atomic E-state index is 13.7. The second kappa shape index (κ2) is 13.0. The van der Waals surface area contributed by atoms with Crippen LogP contribution in [-0.4, -0.2) is 52.8 Å². The van der Waals surface area contributed by atoms with Gasteiger partial charge in [-0.3, -0.25) is 0 Å². The first-order chi connectivity index (χ1) is 16.6. The molecule has 0 amide bonds. The van der Waals surface area contributed by atoms with Crippen LogP contribution in [0.4, 0.5) is 0 Å². The molecule has 4 aliphatic heterocycles. The molecule has 1 atom stereocenters. The van der Waals surface area contributed by atoms with Gasteiger partial charge in [0.05, 0.1) is 6.61 Å². The average Bonchev–Trinajstić information content (AvgIpc) is 3.13. The second-order valence-electron chi connectivity index (χ2n) is 11.3. The summed E-state index contributed by atoms with van der Waals surface area (Å²) < 4.78 is 23.6. The van der Waals surface area contributed by atoms with E-state index in [-0.39, 0.29) is 25.5 Å². The summed E-state index contributed by atoms with van der Waals surface area (Å²) >= 11 is 0. The van der Waals surface area contributed by atoms with Gasteiger partial charge in [0, 0.05) is 25.4 Å². The highest BCUT2D eigenvalue weighted by Crippen LogP contribution is 2.51. The molecule has 5 nitrogen and oxygen atoms in total. The van der Waals surface area contributed by atoms with Gasteiger partial charge in [0.1, 0.15) is 6.79 Å². The number of ether oxygens (including phenoxy) is 3. The lowest BCUT2D eigenvalue weighted by atomic mass is 9.23. The van der Waals surface area contributed by atoms with Crippen LogP contribution in [-0.2, 0) is 23.7 Å². The van der Waals surface area contributed by atoms with E-state index in [9.17, 15) is 4.79 Å². The molecular weight excluding hydrogens is 426 g/mol. The molecule has 0 aromatic carbocycles. The Morgan fingerprint density at radius 2 is 1.53 bits per heavy atom. The molecule has 7 heteroatoms. The van der Waals surface area contributed by atoms with Crippen LogP contribution in [0.25, 0.3) is 0 Å². The Labute approximate surface area is 208 Å². The molecule has 0 aliphatic carbocycles. The van der Waals surface area contributed by atoms with E-state index in [1.165, 1.54) is 69.7 Å². The Morgan fingerprint density at radius 1 is 0.941 bits per heavy atom. The molecule has 0 aromatic heterocycles. The zero-order chi connectivity index (χ0) is 23.9. The third kappa shape index (κ3) is 6.13. The van der Waals surface area contributed by atoms with E-state index < -0.39 is 0 Å². The van der Waals surface area contributed by atoms with Crippen molar-refractivity contribution in [3.05, 3.63) is 11.0 Å². The molecule has 0 saturated carbocycles. The van der Waals surface area contributed by atoms with Gasteiger partial charge in [0.25, 0.3) is 0 Å². The van der Waals surface area contributed by atoms with Crippen LogP contribution in [0.3, 0.4) is 0 Å². The lowest BCUT2D eigenvalue weighted by Crippen LogP contribution is -2.40. The van der Waals surface area contributed by atoms with Gasteiger partial charge in [-0.15, -0.1) is 0 Å². The predicted molar refractivity (Wildman–Crippen MR) is 139 cm³/mol. The maximum Gasteiger partial charge on any atom is 0.332 e. The van der Waals surface area contributed by atoms with Crippen molar-refractivity contribution in [2.45, 2.75) is 127 Å². The molecule has 0 N–H and O–H groups in total. The number of carbonyl (C=O) groups is 1. The molecule has 0 radical (unpaired) electrons. The van der Waals surface area contributed by atoms with Crippen LogP contribution in [0.15, 0.2) is 11.0 Å². The Morgan fingerprint density at radius 3 is 2.12 bits per heavy atom. The van der Waals surface area contributed by atoms with Crippen molar-refractivity contribution >= 4 is 19.6 Å². The van der Waals surface area contributed by atoms with E-state index in [4.69, 9.17) is 18.9 Å². The fourth-order valence-corrected chi connectivity index (χ4v) is 7.93. The second-order valence-corrected chi connectivity index (χ2v) is 11.3. The number of allylic oxidation sites excluding steroid dienone is 1. The minimum Gasteiger partial charge on any atom is -0.463 e. The Hall–Kier alpha value is -0.780. The van der Waals surface area contributed by atoms with E-state index in [1.54, 1.807) is 7.11 Å². The first kappa shape index (κ1) is 26.3. The van der Waals surface area contributed by atoms with Crippen LogP contribution in [0, 0.1) is 0 Å². The van der Waals surface area contributed by atoms with Crippen LogP contribution >= 0.6 is 0 Å². The molecule has 4 fully saturated rings. The lowest BCUT2D eigenvalue weighted by Gasteiger charge is -2.42. The molecule has 4 rings (SSSR count). The van der Waals surface area contributed by atoms with Crippen molar-refractivity contribution in [2.75, 3.05) is 27.1 Å². The zero-order valence-corrected chi connectivity index (χ0v) is 21.9. The normalized spacial score (nSPS) is 30.9. The van der Waals surface area contributed by atoms with Crippen molar-refractivity contribution in [3.8, 4) is 0 Å². The summed E-state index contributed by atoms with van der Waals surface area (Å²) in [5.41, 5.74) is 2.25. The predicted octanol–water partition coefficient (Wildman–Crippen LogP) is 6.50. The number of esters is 1. The standard InChI is InChI=1S/C27H46B2O5/c1-4-33-27(30)26(20(2)28-21-9-5-10-22(28)12-6-11-21)25(17-18-32-19-31-3)29-23-13-7-15-24(34-29)16-8-14-23/h21-25H,4-19H2,1-3H3/b26-20-. The molecule has 4 heterocycles. The SMILES string of the molecule is CCOC(=O)/C(=C(/C)B1C2CCCC1CCC2)C(CCOCOC)B1OC2CCCC1CCC2. The van der Waals surface area contributed by atoms with Crippen LogP contribution in [0.2, 0.25) is 23.3 Å². The molecule has 0 aromatic rings. The van der Waals surface area contributed by atoms with Crippen molar-refractivity contribution < 1.29 is 23.7 Å². The average molecular weight is 472 g/mol. The highest BCUT2D eigenvalue weighted by molar-refractivity contribution is 6.71. The van der Waals surface area contributed by atoms with E-state index in [2.05, 4.69) is 6.92 Å². The van der Waals surface area contributed by atoms with Crippen molar-refractivity contribution in [2.24, 2.45) is 0 Å². The Balaban J connectivity index is 1.71. The van der Waals surface area contributed by atoms with Crippen LogP contribution in [0.5, 0.6) is 0 Å².